The van der Waals surface area contributed by atoms with Crippen molar-refractivity contribution in [3.63, 3.8) is 0 Å². The Hall–Kier alpha value is -2.67. The molecule has 2 fully saturated rings. The fourth-order valence-electron chi connectivity index (χ4n) is 4.86. The minimum absolute atomic E-state index is 0.0377. The Morgan fingerprint density at radius 1 is 0.974 bits per heavy atom. The predicted octanol–water partition coefficient (Wildman–Crippen LogP) is 5.72. The highest BCUT2D eigenvalue weighted by Gasteiger charge is 2.31. The van der Waals surface area contributed by atoms with Crippen molar-refractivity contribution in [3.05, 3.63) is 48.2 Å². The molecule has 6 nitrogen and oxygen atoms in total. The maximum absolute atomic E-state index is 12.8. The number of carbonyl (C=O) groups excluding carboxylic acids is 1. The quantitative estimate of drug-likeness (QED) is 0.321. The molecule has 2 aliphatic heterocycles. The Labute approximate surface area is 227 Å². The zero-order chi connectivity index (χ0) is 28.0. The summed E-state index contributed by atoms with van der Waals surface area (Å²) in [6, 6.07) is 8.62. The Bertz CT molecular complexity index is 1070. The van der Waals surface area contributed by atoms with Gasteiger partial charge in [-0.25, -0.2) is 4.98 Å². The summed E-state index contributed by atoms with van der Waals surface area (Å²) >= 11 is -0.146. The van der Waals surface area contributed by atoms with Crippen molar-refractivity contribution in [1.29, 1.82) is 0 Å². The molecular weight excluding hydrogens is 544 g/mol. The van der Waals surface area contributed by atoms with Crippen molar-refractivity contribution in [2.24, 2.45) is 0 Å². The Kier molecular flexibility index (Phi) is 9.52. The summed E-state index contributed by atoms with van der Waals surface area (Å²) in [5, 5.41) is 3.33. The number of anilines is 2. The molecular formula is C26H31F6N5OS. The Morgan fingerprint density at radius 3 is 2.31 bits per heavy atom. The topological polar surface area (TPSA) is 51.7 Å². The highest BCUT2D eigenvalue weighted by Crippen LogP contribution is 2.37. The number of nitrogens with one attached hydrogen (secondary N) is 1. The number of piperazine rings is 1. The molecule has 214 valence electrons. The SMILES string of the molecule is O=C(CCCN1CCN(c2ccc(C(F)(F)F)cn2)CC1)N1CCCC(Nc2ccc(SC(F)(F)F)cc2)C1. The van der Waals surface area contributed by atoms with Crippen LogP contribution in [0.1, 0.15) is 31.2 Å². The van der Waals surface area contributed by atoms with Crippen molar-refractivity contribution < 1.29 is 31.1 Å². The molecule has 1 aromatic carbocycles. The molecule has 2 saturated heterocycles. The molecule has 0 spiro atoms. The number of amides is 1. The summed E-state index contributed by atoms with van der Waals surface area (Å²) in [5.41, 5.74) is -4.35. The lowest BCUT2D eigenvalue weighted by Gasteiger charge is -2.36. The summed E-state index contributed by atoms with van der Waals surface area (Å²) in [6.45, 7) is 4.80. The van der Waals surface area contributed by atoms with E-state index < -0.39 is 17.2 Å². The standard InChI is InChI=1S/C26H31F6N5OS/c27-25(28,29)19-5-10-23(33-17-19)36-15-13-35(14-16-36)11-2-4-24(38)37-12-1-3-21(18-37)34-20-6-8-22(9-7-20)39-26(30,31)32/h5-10,17,21,34H,1-4,11-16,18H2. The van der Waals surface area contributed by atoms with E-state index in [0.717, 1.165) is 50.4 Å². The molecule has 39 heavy (non-hydrogen) atoms. The molecule has 0 aliphatic carbocycles. The first-order valence-corrected chi connectivity index (χ1v) is 13.7. The average Bonchev–Trinajstić information content (AvgIpc) is 2.89. The molecule has 0 bridgehead atoms. The number of likely N-dealkylation sites (tertiary alicyclic amines) is 1. The largest absolute Gasteiger partial charge is 0.446 e. The maximum atomic E-state index is 12.8. The van der Waals surface area contributed by atoms with Crippen LogP contribution < -0.4 is 10.2 Å². The molecule has 2 aromatic rings. The first-order chi connectivity index (χ1) is 18.5. The van der Waals surface area contributed by atoms with Crippen LogP contribution in [0.4, 0.5) is 37.8 Å². The number of hydrogen-bond donors (Lipinski definition) is 1. The van der Waals surface area contributed by atoms with E-state index in [0.29, 0.717) is 44.8 Å². The zero-order valence-electron chi connectivity index (χ0n) is 21.3. The van der Waals surface area contributed by atoms with Gasteiger partial charge in [0.15, 0.2) is 0 Å². The van der Waals surface area contributed by atoms with E-state index in [4.69, 9.17) is 0 Å². The zero-order valence-corrected chi connectivity index (χ0v) is 22.1. The smallest absolute Gasteiger partial charge is 0.381 e. The van der Waals surface area contributed by atoms with Crippen LogP contribution in [0.25, 0.3) is 0 Å². The van der Waals surface area contributed by atoms with E-state index in [2.05, 4.69) is 15.2 Å². The summed E-state index contributed by atoms with van der Waals surface area (Å²) in [6.07, 6.45) is -0.671. The molecule has 1 unspecified atom stereocenters. The summed E-state index contributed by atoms with van der Waals surface area (Å²) in [7, 11) is 0. The number of piperidine rings is 1. The predicted molar refractivity (Wildman–Crippen MR) is 139 cm³/mol. The highest BCUT2D eigenvalue weighted by molar-refractivity contribution is 8.00. The molecule has 2 aliphatic rings. The van der Waals surface area contributed by atoms with E-state index in [9.17, 15) is 31.1 Å². The fourth-order valence-corrected chi connectivity index (χ4v) is 5.40. The van der Waals surface area contributed by atoms with E-state index >= 15 is 0 Å². The number of hydrogen-bond acceptors (Lipinski definition) is 6. The number of alkyl halides is 6. The van der Waals surface area contributed by atoms with Gasteiger partial charge in [-0.2, -0.15) is 26.3 Å². The van der Waals surface area contributed by atoms with Crippen LogP contribution in [0.3, 0.4) is 0 Å². The monoisotopic (exact) mass is 575 g/mol. The van der Waals surface area contributed by atoms with Gasteiger partial charge in [-0.05, 0) is 74.0 Å². The Balaban J connectivity index is 1.15. The van der Waals surface area contributed by atoms with E-state index in [1.165, 1.54) is 18.2 Å². The van der Waals surface area contributed by atoms with Crippen molar-refractivity contribution in [1.82, 2.24) is 14.8 Å². The second-order valence-corrected chi connectivity index (χ2v) is 10.9. The Morgan fingerprint density at radius 2 is 1.69 bits per heavy atom. The van der Waals surface area contributed by atoms with Gasteiger partial charge in [0.1, 0.15) is 5.82 Å². The molecule has 1 atom stereocenters. The number of rotatable bonds is 8. The molecule has 13 heteroatoms. The van der Waals surface area contributed by atoms with E-state index in [-0.39, 0.29) is 28.6 Å². The lowest BCUT2D eigenvalue weighted by Crippen LogP contribution is -2.47. The van der Waals surface area contributed by atoms with Gasteiger partial charge in [0.2, 0.25) is 5.91 Å². The van der Waals surface area contributed by atoms with Crippen molar-refractivity contribution in [2.45, 2.75) is 48.3 Å². The molecule has 1 N–H and O–H groups in total. The van der Waals surface area contributed by atoms with Crippen molar-refractivity contribution >= 4 is 29.2 Å². The van der Waals surface area contributed by atoms with Crippen molar-refractivity contribution in [2.75, 3.05) is 56.0 Å². The first kappa shape index (κ1) is 29.3. The summed E-state index contributed by atoms with van der Waals surface area (Å²) < 4.78 is 75.8. The first-order valence-electron chi connectivity index (χ1n) is 12.9. The molecule has 3 heterocycles. The molecule has 0 saturated carbocycles. The number of benzene rings is 1. The number of nitrogens with zero attached hydrogens (tertiary/aromatic N) is 4. The molecule has 1 aromatic heterocycles. The van der Waals surface area contributed by atoms with Crippen LogP contribution in [-0.2, 0) is 11.0 Å². The van der Waals surface area contributed by atoms with Crippen LogP contribution in [-0.4, -0.2) is 78.1 Å². The third-order valence-electron chi connectivity index (χ3n) is 6.87. The van der Waals surface area contributed by atoms with Crippen molar-refractivity contribution in [3.8, 4) is 0 Å². The van der Waals surface area contributed by atoms with Crippen LogP contribution in [0.15, 0.2) is 47.5 Å². The van der Waals surface area contributed by atoms with Gasteiger partial charge in [-0.3, -0.25) is 9.69 Å². The molecule has 1 amide bonds. The lowest BCUT2D eigenvalue weighted by molar-refractivity contribution is -0.137. The highest BCUT2D eigenvalue weighted by atomic mass is 32.2. The second-order valence-electron chi connectivity index (χ2n) is 9.73. The van der Waals surface area contributed by atoms with Gasteiger partial charge in [-0.15, -0.1) is 0 Å². The minimum atomic E-state index is -4.40. The van der Waals surface area contributed by atoms with Gasteiger partial charge in [-0.1, -0.05) is 0 Å². The van der Waals surface area contributed by atoms with Gasteiger partial charge in [0.05, 0.1) is 5.56 Å². The fraction of sp³-hybridized carbons (Fsp3) is 0.538. The van der Waals surface area contributed by atoms with Gasteiger partial charge < -0.3 is 15.1 Å². The minimum Gasteiger partial charge on any atom is -0.381 e. The number of pyridine rings is 1. The normalized spacial score (nSPS) is 19.3. The number of halogens is 6. The van der Waals surface area contributed by atoms with Crippen LogP contribution in [0.5, 0.6) is 0 Å². The molecule has 4 rings (SSSR count). The van der Waals surface area contributed by atoms with Crippen LogP contribution in [0.2, 0.25) is 0 Å². The van der Waals surface area contributed by atoms with E-state index in [1.54, 1.807) is 12.1 Å². The molecule has 0 radical (unpaired) electrons. The number of thioether (sulfide) groups is 1. The number of aromatic nitrogens is 1. The average molecular weight is 576 g/mol. The second kappa shape index (κ2) is 12.7. The van der Waals surface area contributed by atoms with Gasteiger partial charge in [0.25, 0.3) is 0 Å². The van der Waals surface area contributed by atoms with Crippen LogP contribution >= 0.6 is 11.8 Å². The third-order valence-corrected chi connectivity index (χ3v) is 7.61. The number of carbonyl (C=O) groups is 1. The van der Waals surface area contributed by atoms with E-state index in [1.807, 2.05) is 9.80 Å². The summed E-state index contributed by atoms with van der Waals surface area (Å²) in [4.78, 5) is 23.0. The van der Waals surface area contributed by atoms with Gasteiger partial charge in [0, 0.05) is 68.5 Å². The van der Waals surface area contributed by atoms with Crippen LogP contribution in [0, 0.1) is 0 Å². The summed E-state index contributed by atoms with van der Waals surface area (Å²) in [5.74, 6) is 0.619. The third kappa shape index (κ3) is 8.92. The lowest BCUT2D eigenvalue weighted by atomic mass is 10.0. The van der Waals surface area contributed by atoms with Gasteiger partial charge >= 0.3 is 11.7 Å². The maximum Gasteiger partial charge on any atom is 0.446 e.